The van der Waals surface area contributed by atoms with Gasteiger partial charge >= 0.3 is 0 Å². The van der Waals surface area contributed by atoms with Gasteiger partial charge in [0.15, 0.2) is 0 Å². The minimum Gasteiger partial charge on any atom is -0.356 e. The van der Waals surface area contributed by atoms with Crippen LogP contribution in [0.4, 0.5) is 5.95 Å². The van der Waals surface area contributed by atoms with Gasteiger partial charge in [0.05, 0.1) is 5.69 Å². The zero-order valence-corrected chi connectivity index (χ0v) is 10.4. The number of aryl methyl sites for hydroxylation is 1. The summed E-state index contributed by atoms with van der Waals surface area (Å²) in [4.78, 5) is 4.50. The molecule has 1 unspecified atom stereocenters. The fourth-order valence-corrected chi connectivity index (χ4v) is 1.78. The van der Waals surface area contributed by atoms with Crippen molar-refractivity contribution in [1.29, 1.82) is 0 Å². The Kier molecular flexibility index (Phi) is 4.66. The first kappa shape index (κ1) is 12.1. The maximum atomic E-state index is 4.50. The molecule has 0 aliphatic carbocycles. The Hall–Kier alpha value is -0.990. The van der Waals surface area contributed by atoms with Crippen LogP contribution in [0.3, 0.4) is 0 Å². The van der Waals surface area contributed by atoms with E-state index in [0.717, 1.165) is 24.6 Å². The fraction of sp³-hybridized carbons (Fsp3) is 0.750. The van der Waals surface area contributed by atoms with E-state index in [9.17, 15) is 0 Å². The van der Waals surface area contributed by atoms with Gasteiger partial charge in [-0.1, -0.05) is 20.3 Å². The molecule has 0 aliphatic heterocycles. The minimum atomic E-state index is 0.538. The summed E-state index contributed by atoms with van der Waals surface area (Å²) in [6.07, 6.45) is 5.69. The second-order valence-corrected chi connectivity index (χ2v) is 4.18. The van der Waals surface area contributed by atoms with Gasteiger partial charge in [0.2, 0.25) is 5.95 Å². The molecule has 0 radical (unpaired) electrons. The average Bonchev–Trinajstić information content (AvgIpc) is 2.57. The minimum absolute atomic E-state index is 0.538. The molecular weight excluding hydrogens is 186 g/mol. The zero-order chi connectivity index (χ0) is 11.3. The van der Waals surface area contributed by atoms with Crippen LogP contribution in [0.15, 0.2) is 6.20 Å². The molecule has 1 N–H and O–H groups in total. The summed E-state index contributed by atoms with van der Waals surface area (Å²) in [7, 11) is 0. The molecule has 1 aromatic rings. The van der Waals surface area contributed by atoms with Crippen LogP contribution >= 0.6 is 0 Å². The molecule has 1 heterocycles. The maximum absolute atomic E-state index is 4.50. The Morgan fingerprint density at radius 2 is 2.13 bits per heavy atom. The second kappa shape index (κ2) is 5.79. The highest BCUT2D eigenvalue weighted by Crippen LogP contribution is 2.19. The van der Waals surface area contributed by atoms with E-state index in [4.69, 9.17) is 0 Å². The van der Waals surface area contributed by atoms with Crippen LogP contribution in [-0.4, -0.2) is 16.1 Å². The third-order valence-corrected chi connectivity index (χ3v) is 2.57. The molecule has 3 heteroatoms. The lowest BCUT2D eigenvalue weighted by Crippen LogP contribution is -2.11. The molecule has 0 saturated carbocycles. The van der Waals surface area contributed by atoms with E-state index in [2.05, 4.69) is 41.8 Å². The number of aromatic nitrogens is 2. The average molecular weight is 209 g/mol. The molecule has 0 saturated heterocycles. The zero-order valence-electron chi connectivity index (χ0n) is 10.4. The van der Waals surface area contributed by atoms with E-state index in [-0.39, 0.29) is 0 Å². The number of nitrogens with one attached hydrogen (secondary N) is 1. The van der Waals surface area contributed by atoms with Crippen LogP contribution < -0.4 is 5.32 Å². The summed E-state index contributed by atoms with van der Waals surface area (Å²) < 4.78 is 2.26. The van der Waals surface area contributed by atoms with E-state index in [1.54, 1.807) is 0 Å². The first-order chi connectivity index (χ1) is 7.19. The standard InChI is InChI=1S/C12H23N3/c1-5-7-11(4)15-9-10(3)14-12(15)13-8-6-2/h9,11H,5-8H2,1-4H3,(H,13,14). The number of imidazole rings is 1. The fourth-order valence-electron chi connectivity index (χ4n) is 1.78. The van der Waals surface area contributed by atoms with E-state index in [1.807, 2.05) is 6.92 Å². The van der Waals surface area contributed by atoms with Crippen molar-refractivity contribution in [3.63, 3.8) is 0 Å². The van der Waals surface area contributed by atoms with E-state index in [1.165, 1.54) is 12.8 Å². The van der Waals surface area contributed by atoms with Crippen LogP contribution in [0.2, 0.25) is 0 Å². The van der Waals surface area contributed by atoms with Crippen LogP contribution in [0.25, 0.3) is 0 Å². The van der Waals surface area contributed by atoms with E-state index >= 15 is 0 Å². The third-order valence-electron chi connectivity index (χ3n) is 2.57. The summed E-state index contributed by atoms with van der Waals surface area (Å²) >= 11 is 0. The van der Waals surface area contributed by atoms with Crippen molar-refractivity contribution >= 4 is 5.95 Å². The van der Waals surface area contributed by atoms with Crippen molar-refractivity contribution < 1.29 is 0 Å². The molecule has 0 fully saturated rings. The van der Waals surface area contributed by atoms with E-state index < -0.39 is 0 Å². The van der Waals surface area contributed by atoms with Gasteiger partial charge in [-0.25, -0.2) is 4.98 Å². The maximum Gasteiger partial charge on any atom is 0.203 e. The molecular formula is C12H23N3. The number of hydrogen-bond acceptors (Lipinski definition) is 2. The first-order valence-electron chi connectivity index (χ1n) is 5.98. The lowest BCUT2D eigenvalue weighted by molar-refractivity contribution is 0.504. The van der Waals surface area contributed by atoms with Gasteiger partial charge in [0.25, 0.3) is 0 Å². The number of anilines is 1. The molecule has 15 heavy (non-hydrogen) atoms. The summed E-state index contributed by atoms with van der Waals surface area (Å²) in [6.45, 7) is 9.69. The Morgan fingerprint density at radius 3 is 2.73 bits per heavy atom. The quantitative estimate of drug-likeness (QED) is 0.778. The van der Waals surface area contributed by atoms with Gasteiger partial charge in [0.1, 0.15) is 0 Å². The Bertz CT molecular complexity index is 291. The summed E-state index contributed by atoms with van der Waals surface area (Å²) in [6, 6.07) is 0.538. The molecule has 1 atom stereocenters. The van der Waals surface area contributed by atoms with Crippen molar-refractivity contribution in [3.05, 3.63) is 11.9 Å². The molecule has 0 aromatic carbocycles. The smallest absolute Gasteiger partial charge is 0.203 e. The molecule has 0 spiro atoms. The van der Waals surface area contributed by atoms with E-state index in [0.29, 0.717) is 6.04 Å². The predicted octanol–water partition coefficient (Wildman–Crippen LogP) is 3.37. The van der Waals surface area contributed by atoms with Crippen LogP contribution in [0.5, 0.6) is 0 Å². The summed E-state index contributed by atoms with van der Waals surface area (Å²) in [5, 5.41) is 3.37. The van der Waals surface area contributed by atoms with Crippen molar-refractivity contribution in [2.45, 2.75) is 53.0 Å². The van der Waals surface area contributed by atoms with Crippen molar-refractivity contribution in [2.24, 2.45) is 0 Å². The van der Waals surface area contributed by atoms with Crippen LogP contribution in [-0.2, 0) is 0 Å². The topological polar surface area (TPSA) is 29.9 Å². The third kappa shape index (κ3) is 3.26. The molecule has 1 rings (SSSR count). The molecule has 86 valence electrons. The lowest BCUT2D eigenvalue weighted by atomic mass is 10.2. The molecule has 1 aromatic heterocycles. The van der Waals surface area contributed by atoms with Crippen LogP contribution in [0.1, 0.15) is 51.8 Å². The van der Waals surface area contributed by atoms with Crippen molar-refractivity contribution in [3.8, 4) is 0 Å². The largest absolute Gasteiger partial charge is 0.356 e. The Balaban J connectivity index is 2.75. The number of hydrogen-bond donors (Lipinski definition) is 1. The van der Waals surface area contributed by atoms with Gasteiger partial charge in [0, 0.05) is 18.8 Å². The Labute approximate surface area is 92.9 Å². The van der Waals surface area contributed by atoms with Gasteiger partial charge in [-0.15, -0.1) is 0 Å². The van der Waals surface area contributed by atoms with Gasteiger partial charge in [-0.05, 0) is 26.7 Å². The highest BCUT2D eigenvalue weighted by molar-refractivity contribution is 5.29. The normalized spacial score (nSPS) is 12.8. The molecule has 3 nitrogen and oxygen atoms in total. The molecule has 0 aliphatic rings. The van der Waals surface area contributed by atoms with Gasteiger partial charge in [-0.2, -0.15) is 0 Å². The lowest BCUT2D eigenvalue weighted by Gasteiger charge is -2.15. The molecule has 0 amide bonds. The summed E-state index contributed by atoms with van der Waals surface area (Å²) in [5.74, 6) is 1.02. The SMILES string of the molecule is CCCNc1nc(C)cn1C(C)CCC. The molecule has 0 bridgehead atoms. The van der Waals surface area contributed by atoms with Crippen LogP contribution in [0, 0.1) is 6.92 Å². The predicted molar refractivity (Wildman–Crippen MR) is 65.4 cm³/mol. The number of rotatable bonds is 6. The second-order valence-electron chi connectivity index (χ2n) is 4.18. The van der Waals surface area contributed by atoms with Gasteiger partial charge in [-0.3, -0.25) is 0 Å². The Morgan fingerprint density at radius 1 is 1.40 bits per heavy atom. The summed E-state index contributed by atoms with van der Waals surface area (Å²) in [5.41, 5.74) is 1.09. The first-order valence-corrected chi connectivity index (χ1v) is 5.98. The van der Waals surface area contributed by atoms with Crippen molar-refractivity contribution in [1.82, 2.24) is 9.55 Å². The monoisotopic (exact) mass is 209 g/mol. The van der Waals surface area contributed by atoms with Crippen molar-refractivity contribution in [2.75, 3.05) is 11.9 Å². The highest BCUT2D eigenvalue weighted by atomic mass is 15.2. The van der Waals surface area contributed by atoms with Gasteiger partial charge < -0.3 is 9.88 Å². The number of nitrogens with zero attached hydrogens (tertiary/aromatic N) is 2. The highest BCUT2D eigenvalue weighted by Gasteiger charge is 2.10.